The molecule has 1 aromatic carbocycles. The molecule has 0 saturated carbocycles. The van der Waals surface area contributed by atoms with Crippen LogP contribution in [0.2, 0.25) is 0 Å². The minimum Gasteiger partial charge on any atom is -0.436 e. The summed E-state index contributed by atoms with van der Waals surface area (Å²) in [6, 6.07) is 6.66. The van der Waals surface area contributed by atoms with Gasteiger partial charge >= 0.3 is 0 Å². The SMILES string of the molecule is CNCc1ccnc(Oc2ccc(F)cc2F)c1. The molecular weight excluding hydrogens is 238 g/mol. The minimum atomic E-state index is -0.754. The molecule has 1 N–H and O–H groups in total. The van der Waals surface area contributed by atoms with Gasteiger partial charge in [-0.15, -0.1) is 0 Å². The Labute approximate surface area is 103 Å². The zero-order valence-electron chi connectivity index (χ0n) is 9.78. The molecule has 0 fully saturated rings. The van der Waals surface area contributed by atoms with Crippen molar-refractivity contribution in [2.45, 2.75) is 6.54 Å². The smallest absolute Gasteiger partial charge is 0.219 e. The van der Waals surface area contributed by atoms with E-state index in [1.807, 2.05) is 13.1 Å². The first-order valence-corrected chi connectivity index (χ1v) is 5.41. The number of nitrogens with one attached hydrogen (secondary N) is 1. The summed E-state index contributed by atoms with van der Waals surface area (Å²) >= 11 is 0. The Hall–Kier alpha value is -2.01. The Balaban J connectivity index is 2.20. The van der Waals surface area contributed by atoms with Gasteiger partial charge in [0.1, 0.15) is 5.82 Å². The average molecular weight is 250 g/mol. The van der Waals surface area contributed by atoms with Gasteiger partial charge in [-0.1, -0.05) is 0 Å². The zero-order chi connectivity index (χ0) is 13.0. The Morgan fingerprint density at radius 2 is 2.06 bits per heavy atom. The van der Waals surface area contributed by atoms with Gasteiger partial charge in [-0.05, 0) is 30.8 Å². The van der Waals surface area contributed by atoms with Gasteiger partial charge < -0.3 is 10.1 Å². The summed E-state index contributed by atoms with van der Waals surface area (Å²) in [5.74, 6) is -1.17. The van der Waals surface area contributed by atoms with Gasteiger partial charge in [0, 0.05) is 24.9 Å². The molecule has 1 heterocycles. The second-order valence-corrected chi connectivity index (χ2v) is 3.71. The molecule has 0 amide bonds. The first-order chi connectivity index (χ1) is 8.69. The molecule has 2 aromatic rings. The third-order valence-electron chi connectivity index (χ3n) is 2.29. The number of aromatic nitrogens is 1. The monoisotopic (exact) mass is 250 g/mol. The van der Waals surface area contributed by atoms with Gasteiger partial charge in [0.05, 0.1) is 0 Å². The van der Waals surface area contributed by atoms with Crippen molar-refractivity contribution in [2.75, 3.05) is 7.05 Å². The summed E-state index contributed by atoms with van der Waals surface area (Å²) < 4.78 is 31.4. The van der Waals surface area contributed by atoms with Gasteiger partial charge in [0.25, 0.3) is 0 Å². The molecule has 0 saturated heterocycles. The predicted octanol–water partition coefficient (Wildman–Crippen LogP) is 2.87. The summed E-state index contributed by atoms with van der Waals surface area (Å²) in [5.41, 5.74) is 0.963. The van der Waals surface area contributed by atoms with Crippen LogP contribution in [-0.2, 0) is 6.54 Å². The van der Waals surface area contributed by atoms with Crippen molar-refractivity contribution in [3.8, 4) is 11.6 Å². The van der Waals surface area contributed by atoms with E-state index >= 15 is 0 Å². The second kappa shape index (κ2) is 5.55. The number of pyridine rings is 1. The normalized spacial score (nSPS) is 10.4. The fourth-order valence-corrected chi connectivity index (χ4v) is 1.49. The average Bonchev–Trinajstić information content (AvgIpc) is 2.34. The number of halogens is 2. The van der Waals surface area contributed by atoms with Crippen LogP contribution in [-0.4, -0.2) is 12.0 Å². The Morgan fingerprint density at radius 3 is 2.78 bits per heavy atom. The van der Waals surface area contributed by atoms with Gasteiger partial charge in [0.15, 0.2) is 11.6 Å². The summed E-state index contributed by atoms with van der Waals surface area (Å²) in [6.45, 7) is 0.658. The third kappa shape index (κ3) is 3.01. The van der Waals surface area contributed by atoms with Gasteiger partial charge in [-0.25, -0.2) is 13.8 Å². The van der Waals surface area contributed by atoms with E-state index < -0.39 is 11.6 Å². The lowest BCUT2D eigenvalue weighted by atomic mass is 10.2. The van der Waals surface area contributed by atoms with Crippen molar-refractivity contribution in [3.05, 3.63) is 53.7 Å². The number of nitrogens with zero attached hydrogens (tertiary/aromatic N) is 1. The van der Waals surface area contributed by atoms with E-state index in [2.05, 4.69) is 10.3 Å². The van der Waals surface area contributed by atoms with Crippen LogP contribution in [0, 0.1) is 11.6 Å². The maximum Gasteiger partial charge on any atom is 0.219 e. The first kappa shape index (κ1) is 12.4. The summed E-state index contributed by atoms with van der Waals surface area (Å²) in [5, 5.41) is 2.99. The number of benzene rings is 1. The van der Waals surface area contributed by atoms with Crippen molar-refractivity contribution >= 4 is 0 Å². The van der Waals surface area contributed by atoms with Gasteiger partial charge in [-0.2, -0.15) is 0 Å². The van der Waals surface area contributed by atoms with E-state index in [4.69, 9.17) is 4.74 Å². The van der Waals surface area contributed by atoms with Crippen LogP contribution in [0.3, 0.4) is 0 Å². The first-order valence-electron chi connectivity index (χ1n) is 5.41. The molecule has 0 atom stereocenters. The standard InChI is InChI=1S/C13H12F2N2O/c1-16-8-9-4-5-17-13(6-9)18-12-3-2-10(14)7-11(12)15/h2-7,16H,8H2,1H3. The quantitative estimate of drug-likeness (QED) is 0.906. The zero-order valence-corrected chi connectivity index (χ0v) is 9.78. The Bertz CT molecular complexity index is 546. The van der Waals surface area contributed by atoms with Crippen LogP contribution in [0.15, 0.2) is 36.5 Å². The van der Waals surface area contributed by atoms with Crippen LogP contribution in [0.1, 0.15) is 5.56 Å². The van der Waals surface area contributed by atoms with Gasteiger partial charge in [-0.3, -0.25) is 0 Å². The van der Waals surface area contributed by atoms with Crippen LogP contribution in [0.4, 0.5) is 8.78 Å². The molecule has 0 aliphatic carbocycles. The molecule has 0 aliphatic rings. The molecule has 5 heteroatoms. The Morgan fingerprint density at radius 1 is 1.22 bits per heavy atom. The van der Waals surface area contributed by atoms with Crippen molar-refractivity contribution in [1.82, 2.24) is 10.3 Å². The summed E-state index contributed by atoms with van der Waals surface area (Å²) in [7, 11) is 1.82. The lowest BCUT2D eigenvalue weighted by molar-refractivity contribution is 0.423. The summed E-state index contributed by atoms with van der Waals surface area (Å²) in [6.07, 6.45) is 1.57. The molecule has 0 aliphatic heterocycles. The molecule has 0 spiro atoms. The highest BCUT2D eigenvalue weighted by molar-refractivity contribution is 5.30. The lowest BCUT2D eigenvalue weighted by Crippen LogP contribution is -2.05. The van der Waals surface area contributed by atoms with Crippen LogP contribution >= 0.6 is 0 Å². The van der Waals surface area contributed by atoms with Crippen LogP contribution in [0.5, 0.6) is 11.6 Å². The van der Waals surface area contributed by atoms with E-state index in [1.165, 1.54) is 6.07 Å². The minimum absolute atomic E-state index is 0.0505. The van der Waals surface area contributed by atoms with Crippen molar-refractivity contribution in [1.29, 1.82) is 0 Å². The third-order valence-corrected chi connectivity index (χ3v) is 2.29. The highest BCUT2D eigenvalue weighted by atomic mass is 19.1. The fourth-order valence-electron chi connectivity index (χ4n) is 1.49. The largest absolute Gasteiger partial charge is 0.436 e. The molecule has 0 bridgehead atoms. The molecule has 0 unspecified atom stereocenters. The number of hydrogen-bond acceptors (Lipinski definition) is 3. The molecule has 3 nitrogen and oxygen atoms in total. The van der Waals surface area contributed by atoms with E-state index in [1.54, 1.807) is 12.3 Å². The topological polar surface area (TPSA) is 34.2 Å². The Kier molecular flexibility index (Phi) is 3.84. The van der Waals surface area contributed by atoms with Crippen LogP contribution < -0.4 is 10.1 Å². The molecule has 1 aromatic heterocycles. The molecular formula is C13H12F2N2O. The highest BCUT2D eigenvalue weighted by Crippen LogP contribution is 2.23. The summed E-state index contributed by atoms with van der Waals surface area (Å²) in [4.78, 5) is 3.97. The van der Waals surface area contributed by atoms with E-state index in [0.29, 0.717) is 6.54 Å². The fraction of sp³-hybridized carbons (Fsp3) is 0.154. The predicted molar refractivity (Wildman–Crippen MR) is 63.4 cm³/mol. The van der Waals surface area contributed by atoms with Gasteiger partial charge in [0.2, 0.25) is 5.88 Å². The lowest BCUT2D eigenvalue weighted by Gasteiger charge is -2.07. The molecule has 94 valence electrons. The van der Waals surface area contributed by atoms with Crippen LogP contribution in [0.25, 0.3) is 0 Å². The highest BCUT2D eigenvalue weighted by Gasteiger charge is 2.07. The number of ether oxygens (including phenoxy) is 1. The molecule has 18 heavy (non-hydrogen) atoms. The second-order valence-electron chi connectivity index (χ2n) is 3.71. The number of rotatable bonds is 4. The maximum atomic E-state index is 13.4. The van der Waals surface area contributed by atoms with E-state index in [9.17, 15) is 8.78 Å². The maximum absolute atomic E-state index is 13.4. The van der Waals surface area contributed by atoms with Crippen molar-refractivity contribution < 1.29 is 13.5 Å². The van der Waals surface area contributed by atoms with Crippen molar-refractivity contribution in [3.63, 3.8) is 0 Å². The van der Waals surface area contributed by atoms with E-state index in [-0.39, 0.29) is 11.6 Å². The van der Waals surface area contributed by atoms with Crippen molar-refractivity contribution in [2.24, 2.45) is 0 Å². The molecule has 2 rings (SSSR count). The number of hydrogen-bond donors (Lipinski definition) is 1. The molecule has 0 radical (unpaired) electrons. The van der Waals surface area contributed by atoms with E-state index in [0.717, 1.165) is 17.7 Å².